The van der Waals surface area contributed by atoms with Gasteiger partial charge in [0, 0.05) is 36.7 Å². The summed E-state index contributed by atoms with van der Waals surface area (Å²) in [5, 5.41) is 10.1. The largest absolute Gasteiger partial charge is 0.481 e. The van der Waals surface area contributed by atoms with Crippen LogP contribution in [0.15, 0.2) is 42.5 Å². The average Bonchev–Trinajstić information content (AvgIpc) is 2.77. The first-order chi connectivity index (χ1) is 16.2. The molecule has 2 aromatic carbocycles. The van der Waals surface area contributed by atoms with Gasteiger partial charge in [0.25, 0.3) is 5.91 Å². The van der Waals surface area contributed by atoms with Crippen LogP contribution < -0.4 is 4.74 Å². The number of piperidine rings is 1. The van der Waals surface area contributed by atoms with Crippen molar-refractivity contribution in [1.29, 1.82) is 0 Å². The molecule has 178 valence electrons. The highest BCUT2D eigenvalue weighted by atomic mass is 16.5. The van der Waals surface area contributed by atoms with E-state index in [-0.39, 0.29) is 18.2 Å². The van der Waals surface area contributed by atoms with E-state index in [9.17, 15) is 9.59 Å². The van der Waals surface area contributed by atoms with Gasteiger partial charge in [-0.15, -0.1) is 0 Å². The van der Waals surface area contributed by atoms with Crippen molar-refractivity contribution in [3.63, 3.8) is 0 Å². The third kappa shape index (κ3) is 5.06. The Labute approximate surface area is 200 Å². The van der Waals surface area contributed by atoms with Crippen LogP contribution in [-0.4, -0.2) is 46.1 Å². The summed E-state index contributed by atoms with van der Waals surface area (Å²) in [7, 11) is 0. The first-order valence-electron chi connectivity index (χ1n) is 11.9. The molecule has 0 aliphatic carbocycles. The zero-order chi connectivity index (χ0) is 24.4. The number of carbonyl (C=O) groups is 2. The number of ether oxygens (including phenoxy) is 1. The molecule has 1 fully saturated rings. The molecule has 0 saturated carbocycles. The SMILES string of the molecule is Cc1cc(-c2c(C)cccc2C)c2ccc(O[C@H](C)C(=O)N3CCC[C@H](CC(=O)O)C3)cc2n1. The number of nitrogens with zero attached hydrogens (tertiary/aromatic N) is 2. The highest BCUT2D eigenvalue weighted by Gasteiger charge is 2.29. The zero-order valence-corrected chi connectivity index (χ0v) is 20.3. The Morgan fingerprint density at radius 2 is 1.88 bits per heavy atom. The van der Waals surface area contributed by atoms with E-state index in [0.29, 0.717) is 18.8 Å². The molecule has 1 aliphatic heterocycles. The number of aliphatic carboxylic acids is 1. The average molecular weight is 461 g/mol. The minimum atomic E-state index is -0.817. The van der Waals surface area contributed by atoms with E-state index in [2.05, 4.69) is 38.1 Å². The number of benzene rings is 2. The Balaban J connectivity index is 1.56. The molecule has 1 aliphatic rings. The summed E-state index contributed by atoms with van der Waals surface area (Å²) in [6, 6.07) is 14.2. The number of aryl methyl sites for hydroxylation is 3. The quantitative estimate of drug-likeness (QED) is 0.539. The van der Waals surface area contributed by atoms with Crippen molar-refractivity contribution in [3.8, 4) is 16.9 Å². The lowest BCUT2D eigenvalue weighted by Gasteiger charge is -2.33. The number of hydrogen-bond donors (Lipinski definition) is 1. The second kappa shape index (κ2) is 9.84. The first-order valence-corrected chi connectivity index (χ1v) is 11.9. The number of carboxylic acid groups (broad SMARTS) is 1. The number of hydrogen-bond acceptors (Lipinski definition) is 4. The second-order valence-corrected chi connectivity index (χ2v) is 9.41. The Bertz CT molecular complexity index is 1220. The lowest BCUT2D eigenvalue weighted by atomic mass is 9.93. The molecule has 2 atom stereocenters. The zero-order valence-electron chi connectivity index (χ0n) is 20.3. The van der Waals surface area contributed by atoms with Gasteiger partial charge in [-0.3, -0.25) is 14.6 Å². The van der Waals surface area contributed by atoms with Crippen LogP contribution >= 0.6 is 0 Å². The van der Waals surface area contributed by atoms with Gasteiger partial charge in [-0.2, -0.15) is 0 Å². The third-order valence-electron chi connectivity index (χ3n) is 6.61. The topological polar surface area (TPSA) is 79.7 Å². The standard InChI is InChI=1S/C28H32N2O4/c1-17-7-5-8-18(2)27(17)24-13-19(3)29-25-15-22(10-11-23(24)25)34-20(4)28(33)30-12-6-9-21(16-30)14-26(31)32/h5,7-8,10-11,13,15,20-21H,6,9,12,14,16H2,1-4H3,(H,31,32)/t20-,21-/m1/s1. The van der Waals surface area contributed by atoms with Crippen LogP contribution in [0.1, 0.15) is 43.0 Å². The molecule has 1 saturated heterocycles. The van der Waals surface area contributed by atoms with Gasteiger partial charge >= 0.3 is 5.97 Å². The monoisotopic (exact) mass is 460 g/mol. The van der Waals surface area contributed by atoms with Crippen LogP contribution in [-0.2, 0) is 9.59 Å². The van der Waals surface area contributed by atoms with Gasteiger partial charge in [-0.1, -0.05) is 18.2 Å². The highest BCUT2D eigenvalue weighted by molar-refractivity contribution is 5.97. The fourth-order valence-corrected chi connectivity index (χ4v) is 5.05. The summed E-state index contributed by atoms with van der Waals surface area (Å²) in [4.78, 5) is 30.5. The highest BCUT2D eigenvalue weighted by Crippen LogP contribution is 2.35. The van der Waals surface area contributed by atoms with Crippen molar-refractivity contribution >= 4 is 22.8 Å². The second-order valence-electron chi connectivity index (χ2n) is 9.41. The molecule has 3 aromatic rings. The summed E-state index contributed by atoms with van der Waals surface area (Å²) in [5.41, 5.74) is 6.55. The predicted octanol–water partition coefficient (Wildman–Crippen LogP) is 5.31. The van der Waals surface area contributed by atoms with Crippen molar-refractivity contribution in [2.75, 3.05) is 13.1 Å². The molecule has 1 amide bonds. The molecule has 0 radical (unpaired) electrons. The van der Waals surface area contributed by atoms with Crippen molar-refractivity contribution in [1.82, 2.24) is 9.88 Å². The maximum absolute atomic E-state index is 13.0. The van der Waals surface area contributed by atoms with Crippen molar-refractivity contribution < 1.29 is 19.4 Å². The summed E-state index contributed by atoms with van der Waals surface area (Å²) < 4.78 is 6.04. The maximum Gasteiger partial charge on any atom is 0.303 e. The summed E-state index contributed by atoms with van der Waals surface area (Å²) in [6.07, 6.45) is 1.08. The van der Waals surface area contributed by atoms with E-state index >= 15 is 0 Å². The van der Waals surface area contributed by atoms with Gasteiger partial charge < -0.3 is 14.7 Å². The molecular formula is C28H32N2O4. The van der Waals surface area contributed by atoms with Gasteiger partial charge in [0.15, 0.2) is 6.10 Å². The number of fused-ring (bicyclic) bond motifs is 1. The Morgan fingerprint density at radius 3 is 2.59 bits per heavy atom. The Kier molecular flexibility index (Phi) is 6.87. The molecule has 2 heterocycles. The lowest BCUT2D eigenvalue weighted by molar-refractivity contribution is -0.143. The predicted molar refractivity (Wildman–Crippen MR) is 133 cm³/mol. The molecule has 1 N–H and O–H groups in total. The van der Waals surface area contributed by atoms with Crippen LogP contribution in [0.3, 0.4) is 0 Å². The molecule has 34 heavy (non-hydrogen) atoms. The number of pyridine rings is 1. The van der Waals surface area contributed by atoms with E-state index in [4.69, 9.17) is 14.8 Å². The maximum atomic E-state index is 13.0. The fourth-order valence-electron chi connectivity index (χ4n) is 5.05. The fraction of sp³-hybridized carbons (Fsp3) is 0.393. The van der Waals surface area contributed by atoms with Crippen molar-refractivity contribution in [3.05, 3.63) is 59.3 Å². The van der Waals surface area contributed by atoms with E-state index in [1.54, 1.807) is 11.8 Å². The molecular weight excluding hydrogens is 428 g/mol. The van der Waals surface area contributed by atoms with E-state index in [1.165, 1.54) is 16.7 Å². The number of likely N-dealkylation sites (tertiary alicyclic amines) is 1. The van der Waals surface area contributed by atoms with Crippen LogP contribution in [0.4, 0.5) is 0 Å². The summed E-state index contributed by atoms with van der Waals surface area (Å²) in [5.74, 6) is -0.331. The molecule has 4 rings (SSSR count). The van der Waals surface area contributed by atoms with Crippen LogP contribution in [0.2, 0.25) is 0 Å². The van der Waals surface area contributed by atoms with Crippen LogP contribution in [0.25, 0.3) is 22.0 Å². The van der Waals surface area contributed by atoms with Crippen molar-refractivity contribution in [2.24, 2.45) is 5.92 Å². The molecule has 6 heteroatoms. The normalized spacial score (nSPS) is 16.9. The molecule has 0 bridgehead atoms. The number of amides is 1. The van der Waals surface area contributed by atoms with E-state index in [1.807, 2.05) is 25.1 Å². The molecule has 0 unspecified atom stereocenters. The first kappa shape index (κ1) is 23.7. The lowest BCUT2D eigenvalue weighted by Crippen LogP contribution is -2.46. The van der Waals surface area contributed by atoms with Gasteiger partial charge in [0.05, 0.1) is 5.52 Å². The van der Waals surface area contributed by atoms with Crippen LogP contribution in [0, 0.1) is 26.7 Å². The van der Waals surface area contributed by atoms with Crippen molar-refractivity contribution in [2.45, 2.75) is 53.1 Å². The van der Waals surface area contributed by atoms with Crippen LogP contribution in [0.5, 0.6) is 5.75 Å². The summed E-state index contributed by atoms with van der Waals surface area (Å²) >= 11 is 0. The van der Waals surface area contributed by atoms with E-state index < -0.39 is 12.1 Å². The number of aromatic nitrogens is 1. The molecule has 0 spiro atoms. The minimum Gasteiger partial charge on any atom is -0.481 e. The Hall–Kier alpha value is -3.41. The number of carboxylic acids is 1. The molecule has 6 nitrogen and oxygen atoms in total. The molecule has 1 aromatic heterocycles. The van der Waals surface area contributed by atoms with Gasteiger partial charge in [-0.05, 0) is 86.9 Å². The summed E-state index contributed by atoms with van der Waals surface area (Å²) in [6.45, 7) is 9.09. The Morgan fingerprint density at radius 1 is 1.15 bits per heavy atom. The van der Waals surface area contributed by atoms with Gasteiger partial charge in [-0.25, -0.2) is 0 Å². The number of carbonyl (C=O) groups excluding carboxylic acids is 1. The minimum absolute atomic E-state index is 0.00133. The van der Waals surface area contributed by atoms with Gasteiger partial charge in [0.2, 0.25) is 0 Å². The third-order valence-corrected chi connectivity index (χ3v) is 6.61. The van der Waals surface area contributed by atoms with E-state index in [0.717, 1.165) is 35.0 Å². The smallest absolute Gasteiger partial charge is 0.303 e. The number of rotatable bonds is 6. The van der Waals surface area contributed by atoms with Gasteiger partial charge in [0.1, 0.15) is 5.75 Å².